The third-order valence-electron chi connectivity index (χ3n) is 2.79. The SMILES string of the molecule is COC(CC1N=NCC1C(OC)OC)OC. The van der Waals surface area contributed by atoms with Crippen molar-refractivity contribution < 1.29 is 18.9 Å². The molecule has 0 spiro atoms. The molecule has 0 fully saturated rings. The van der Waals surface area contributed by atoms with Gasteiger partial charge in [0.05, 0.1) is 18.5 Å². The van der Waals surface area contributed by atoms with Crippen molar-refractivity contribution in [1.29, 1.82) is 0 Å². The van der Waals surface area contributed by atoms with E-state index in [1.807, 2.05) is 0 Å². The number of hydrogen-bond acceptors (Lipinski definition) is 6. The molecule has 1 heterocycles. The van der Waals surface area contributed by atoms with Gasteiger partial charge < -0.3 is 18.9 Å². The van der Waals surface area contributed by atoms with E-state index in [9.17, 15) is 0 Å². The van der Waals surface area contributed by atoms with Crippen molar-refractivity contribution in [3.05, 3.63) is 0 Å². The monoisotopic (exact) mass is 232 g/mol. The highest BCUT2D eigenvalue weighted by atomic mass is 16.7. The van der Waals surface area contributed by atoms with Crippen LogP contribution in [0.15, 0.2) is 10.2 Å². The maximum atomic E-state index is 5.24. The summed E-state index contributed by atoms with van der Waals surface area (Å²) in [5, 5.41) is 8.21. The van der Waals surface area contributed by atoms with Gasteiger partial charge in [0.25, 0.3) is 0 Å². The molecule has 0 bridgehead atoms. The number of ether oxygens (including phenoxy) is 4. The predicted molar refractivity (Wildman–Crippen MR) is 57.2 cm³/mol. The van der Waals surface area contributed by atoms with Crippen molar-refractivity contribution >= 4 is 0 Å². The third-order valence-corrected chi connectivity index (χ3v) is 2.79. The highest BCUT2D eigenvalue weighted by Crippen LogP contribution is 2.26. The van der Waals surface area contributed by atoms with Crippen LogP contribution in [-0.2, 0) is 18.9 Å². The number of nitrogens with zero attached hydrogens (tertiary/aromatic N) is 2. The fourth-order valence-electron chi connectivity index (χ4n) is 1.87. The van der Waals surface area contributed by atoms with Gasteiger partial charge in [0.15, 0.2) is 12.6 Å². The lowest BCUT2D eigenvalue weighted by atomic mass is 9.98. The van der Waals surface area contributed by atoms with Crippen LogP contribution in [0.4, 0.5) is 0 Å². The second-order valence-electron chi connectivity index (χ2n) is 3.65. The molecule has 1 aliphatic heterocycles. The zero-order chi connectivity index (χ0) is 12.0. The summed E-state index contributed by atoms with van der Waals surface area (Å²) in [6.07, 6.45) is 0.109. The zero-order valence-corrected chi connectivity index (χ0v) is 10.3. The summed E-state index contributed by atoms with van der Waals surface area (Å²) >= 11 is 0. The summed E-state index contributed by atoms with van der Waals surface area (Å²) in [5.74, 6) is 0.128. The molecule has 0 amide bonds. The van der Waals surface area contributed by atoms with Crippen LogP contribution in [-0.4, -0.2) is 53.6 Å². The Morgan fingerprint density at radius 1 is 1.06 bits per heavy atom. The smallest absolute Gasteiger partial charge is 0.163 e. The summed E-state index contributed by atoms with van der Waals surface area (Å²) in [5.41, 5.74) is 0. The Labute approximate surface area is 95.9 Å². The Morgan fingerprint density at radius 2 is 1.69 bits per heavy atom. The van der Waals surface area contributed by atoms with Crippen LogP contribution in [0.3, 0.4) is 0 Å². The molecule has 0 aromatic carbocycles. The van der Waals surface area contributed by atoms with Gasteiger partial charge in [0.1, 0.15) is 0 Å². The van der Waals surface area contributed by atoms with Crippen LogP contribution in [0.5, 0.6) is 0 Å². The first-order valence-electron chi connectivity index (χ1n) is 5.24. The van der Waals surface area contributed by atoms with E-state index in [1.54, 1.807) is 28.4 Å². The van der Waals surface area contributed by atoms with Crippen LogP contribution >= 0.6 is 0 Å². The quantitative estimate of drug-likeness (QED) is 0.616. The van der Waals surface area contributed by atoms with E-state index in [1.165, 1.54) is 0 Å². The molecule has 1 rings (SSSR count). The predicted octanol–water partition coefficient (Wildman–Crippen LogP) is 1.06. The maximum Gasteiger partial charge on any atom is 0.163 e. The molecule has 94 valence electrons. The molecule has 0 aromatic rings. The lowest BCUT2D eigenvalue weighted by molar-refractivity contribution is -0.148. The van der Waals surface area contributed by atoms with Gasteiger partial charge in [-0.3, -0.25) is 0 Å². The maximum absolute atomic E-state index is 5.24. The van der Waals surface area contributed by atoms with Gasteiger partial charge in [0.2, 0.25) is 0 Å². The molecular weight excluding hydrogens is 212 g/mol. The number of azo groups is 1. The summed E-state index contributed by atoms with van der Waals surface area (Å²) in [6, 6.07) is 0.0230. The van der Waals surface area contributed by atoms with E-state index in [2.05, 4.69) is 10.2 Å². The molecular formula is C10H20N2O4. The molecule has 1 aliphatic rings. The van der Waals surface area contributed by atoms with Crippen LogP contribution < -0.4 is 0 Å². The zero-order valence-electron chi connectivity index (χ0n) is 10.3. The van der Waals surface area contributed by atoms with Crippen LogP contribution in [0.1, 0.15) is 6.42 Å². The van der Waals surface area contributed by atoms with Gasteiger partial charge in [-0.2, -0.15) is 10.2 Å². The summed E-state index contributed by atoms with van der Waals surface area (Å²) < 4.78 is 20.8. The molecule has 6 nitrogen and oxygen atoms in total. The van der Waals surface area contributed by atoms with E-state index >= 15 is 0 Å². The minimum absolute atomic E-state index is 0.0230. The molecule has 0 N–H and O–H groups in total. The molecule has 0 saturated heterocycles. The molecule has 6 heteroatoms. The topological polar surface area (TPSA) is 61.6 Å². The first-order valence-corrected chi connectivity index (χ1v) is 5.24. The number of rotatable bonds is 7. The van der Waals surface area contributed by atoms with E-state index in [4.69, 9.17) is 18.9 Å². The van der Waals surface area contributed by atoms with E-state index in [0.29, 0.717) is 13.0 Å². The number of methoxy groups -OCH3 is 4. The second-order valence-corrected chi connectivity index (χ2v) is 3.65. The van der Waals surface area contributed by atoms with E-state index in [0.717, 1.165) is 0 Å². The molecule has 16 heavy (non-hydrogen) atoms. The van der Waals surface area contributed by atoms with Gasteiger partial charge in [-0.1, -0.05) is 0 Å². The molecule has 0 aliphatic carbocycles. The first kappa shape index (κ1) is 13.5. The Kier molecular flexibility index (Phi) is 5.83. The lowest BCUT2D eigenvalue weighted by Gasteiger charge is -2.25. The van der Waals surface area contributed by atoms with E-state index in [-0.39, 0.29) is 24.5 Å². The third kappa shape index (κ3) is 3.21. The summed E-state index contributed by atoms with van der Waals surface area (Å²) in [7, 11) is 6.46. The Balaban J connectivity index is 2.53. The average Bonchev–Trinajstić information content (AvgIpc) is 2.76. The summed E-state index contributed by atoms with van der Waals surface area (Å²) in [4.78, 5) is 0. The Morgan fingerprint density at radius 3 is 2.19 bits per heavy atom. The van der Waals surface area contributed by atoms with Gasteiger partial charge in [0, 0.05) is 34.9 Å². The minimum atomic E-state index is -0.283. The van der Waals surface area contributed by atoms with Gasteiger partial charge in [-0.15, -0.1) is 0 Å². The highest BCUT2D eigenvalue weighted by Gasteiger charge is 2.35. The molecule has 0 aromatic heterocycles. The Hall–Kier alpha value is -0.560. The summed E-state index contributed by atoms with van der Waals surface area (Å²) in [6.45, 7) is 0.622. The Bertz CT molecular complexity index is 217. The second kappa shape index (κ2) is 6.90. The van der Waals surface area contributed by atoms with Crippen molar-refractivity contribution in [1.82, 2.24) is 0 Å². The normalized spacial score (nSPS) is 24.9. The number of hydrogen-bond donors (Lipinski definition) is 0. The minimum Gasteiger partial charge on any atom is -0.356 e. The van der Waals surface area contributed by atoms with Gasteiger partial charge in [-0.25, -0.2) is 0 Å². The van der Waals surface area contributed by atoms with Gasteiger partial charge in [-0.05, 0) is 0 Å². The molecule has 2 unspecified atom stereocenters. The first-order chi connectivity index (χ1) is 7.76. The van der Waals surface area contributed by atoms with Crippen LogP contribution in [0.2, 0.25) is 0 Å². The molecule has 0 radical (unpaired) electrons. The van der Waals surface area contributed by atoms with Gasteiger partial charge >= 0.3 is 0 Å². The average molecular weight is 232 g/mol. The van der Waals surface area contributed by atoms with Crippen molar-refractivity contribution in [2.45, 2.75) is 25.0 Å². The van der Waals surface area contributed by atoms with Crippen molar-refractivity contribution in [3.63, 3.8) is 0 Å². The molecule has 2 atom stereocenters. The van der Waals surface area contributed by atoms with Crippen LogP contribution in [0, 0.1) is 5.92 Å². The molecule has 0 saturated carbocycles. The van der Waals surface area contributed by atoms with E-state index < -0.39 is 0 Å². The highest BCUT2D eigenvalue weighted by molar-refractivity contribution is 4.84. The van der Waals surface area contributed by atoms with Crippen molar-refractivity contribution in [2.24, 2.45) is 16.1 Å². The van der Waals surface area contributed by atoms with Crippen molar-refractivity contribution in [2.75, 3.05) is 35.0 Å². The largest absolute Gasteiger partial charge is 0.356 e. The fourth-order valence-corrected chi connectivity index (χ4v) is 1.87. The fraction of sp³-hybridized carbons (Fsp3) is 1.00. The lowest BCUT2D eigenvalue weighted by Crippen LogP contribution is -2.35. The van der Waals surface area contributed by atoms with Crippen LogP contribution in [0.25, 0.3) is 0 Å². The standard InChI is InChI=1S/C10H20N2O4/c1-13-9(14-2)5-8-7(6-11-12-8)10(15-3)16-4/h7-10H,5-6H2,1-4H3. The van der Waals surface area contributed by atoms with Crippen molar-refractivity contribution in [3.8, 4) is 0 Å².